The Morgan fingerprint density at radius 3 is 2.41 bits per heavy atom. The Labute approximate surface area is 127 Å². The molecule has 0 radical (unpaired) electrons. The number of nitrogens with one attached hydrogen (secondary N) is 2. The first kappa shape index (κ1) is 15.9. The summed E-state index contributed by atoms with van der Waals surface area (Å²) in [6.07, 6.45) is 1.80. The van der Waals surface area contributed by atoms with E-state index in [0.717, 1.165) is 0 Å². The van der Waals surface area contributed by atoms with Crippen LogP contribution < -0.4 is 10.6 Å². The van der Waals surface area contributed by atoms with E-state index < -0.39 is 11.6 Å². The van der Waals surface area contributed by atoms with Gasteiger partial charge in [-0.25, -0.2) is 13.8 Å². The van der Waals surface area contributed by atoms with Gasteiger partial charge in [-0.1, -0.05) is 19.9 Å². The van der Waals surface area contributed by atoms with Crippen LogP contribution in [-0.2, 0) is 4.79 Å². The van der Waals surface area contributed by atoms with E-state index in [0.29, 0.717) is 17.9 Å². The molecule has 2 rings (SSSR count). The van der Waals surface area contributed by atoms with Crippen molar-refractivity contribution < 1.29 is 13.6 Å². The number of amides is 1. The number of carbonyl (C=O) groups is 1. The lowest BCUT2D eigenvalue weighted by Crippen LogP contribution is -2.14. The van der Waals surface area contributed by atoms with Gasteiger partial charge in [0.15, 0.2) is 0 Å². The van der Waals surface area contributed by atoms with Crippen LogP contribution in [0.1, 0.15) is 20.3 Å². The number of anilines is 3. The molecule has 0 fully saturated rings. The van der Waals surface area contributed by atoms with Crippen molar-refractivity contribution in [1.29, 1.82) is 0 Å². The van der Waals surface area contributed by atoms with Crippen molar-refractivity contribution in [3.8, 4) is 0 Å². The number of halogens is 2. The van der Waals surface area contributed by atoms with Crippen LogP contribution in [0.25, 0.3) is 0 Å². The predicted octanol–water partition coefficient (Wildman–Crippen LogP) is 4.09. The van der Waals surface area contributed by atoms with Crippen molar-refractivity contribution in [3.63, 3.8) is 0 Å². The fraction of sp³-hybridized carbons (Fsp3) is 0.250. The van der Waals surface area contributed by atoms with Crippen LogP contribution in [0.5, 0.6) is 0 Å². The minimum absolute atomic E-state index is 0.122. The largest absolute Gasteiger partial charge is 0.349 e. The van der Waals surface area contributed by atoms with Gasteiger partial charge in [-0.15, -0.1) is 0 Å². The highest BCUT2D eigenvalue weighted by Gasteiger charge is 2.09. The highest BCUT2D eigenvalue weighted by atomic mass is 19.1. The Kier molecular flexibility index (Phi) is 5.04. The summed E-state index contributed by atoms with van der Waals surface area (Å²) in [7, 11) is 0. The van der Waals surface area contributed by atoms with Crippen LogP contribution in [0.2, 0.25) is 0 Å². The molecule has 1 heterocycles. The van der Waals surface area contributed by atoms with E-state index >= 15 is 0 Å². The third kappa shape index (κ3) is 4.25. The molecule has 0 spiro atoms. The van der Waals surface area contributed by atoms with E-state index in [1.807, 2.05) is 13.8 Å². The molecule has 4 nitrogen and oxygen atoms in total. The van der Waals surface area contributed by atoms with E-state index in [-0.39, 0.29) is 17.5 Å². The van der Waals surface area contributed by atoms with Crippen LogP contribution in [0.15, 0.2) is 36.5 Å². The van der Waals surface area contributed by atoms with Gasteiger partial charge < -0.3 is 10.6 Å². The van der Waals surface area contributed by atoms with E-state index in [9.17, 15) is 13.6 Å². The summed E-state index contributed by atoms with van der Waals surface area (Å²) in [6.45, 7) is 3.89. The van der Waals surface area contributed by atoms with Gasteiger partial charge in [0.05, 0.1) is 11.9 Å². The first-order valence-corrected chi connectivity index (χ1v) is 6.92. The van der Waals surface area contributed by atoms with E-state index in [1.54, 1.807) is 12.1 Å². The van der Waals surface area contributed by atoms with E-state index in [1.165, 1.54) is 24.4 Å². The maximum atomic E-state index is 13.5. The molecule has 2 N–H and O–H groups in total. The second-order valence-electron chi connectivity index (χ2n) is 5.30. The average molecular weight is 305 g/mol. The summed E-state index contributed by atoms with van der Waals surface area (Å²) in [4.78, 5) is 15.7. The Morgan fingerprint density at radius 2 is 1.86 bits per heavy atom. The molecule has 6 heteroatoms. The minimum atomic E-state index is -0.686. The van der Waals surface area contributed by atoms with Crippen LogP contribution >= 0.6 is 0 Å². The Bertz CT molecular complexity index is 637. The maximum absolute atomic E-state index is 13.5. The summed E-state index contributed by atoms with van der Waals surface area (Å²) >= 11 is 0. The lowest BCUT2D eigenvalue weighted by atomic mass is 10.1. The average Bonchev–Trinajstić information content (AvgIpc) is 2.44. The standard InChI is InChI=1S/C16H17F2N3O/c1-10(2)8-15(22)21-14-7-6-11(9-19-14)20-16-12(17)4-3-5-13(16)18/h3-7,9-10,20H,8H2,1-2H3,(H,19,21,22). The molecule has 0 unspecified atom stereocenters. The van der Waals surface area contributed by atoms with Crippen LogP contribution in [0.4, 0.5) is 26.0 Å². The van der Waals surface area contributed by atoms with Crippen LogP contribution in [0.3, 0.4) is 0 Å². The molecular formula is C16H17F2N3O. The number of carbonyl (C=O) groups excluding carboxylic acids is 1. The van der Waals surface area contributed by atoms with Gasteiger partial charge in [0.2, 0.25) is 5.91 Å². The molecule has 2 aromatic rings. The van der Waals surface area contributed by atoms with Gasteiger partial charge in [-0.2, -0.15) is 0 Å². The number of hydrogen-bond acceptors (Lipinski definition) is 3. The minimum Gasteiger partial charge on any atom is -0.349 e. The monoisotopic (exact) mass is 305 g/mol. The van der Waals surface area contributed by atoms with Crippen molar-refractivity contribution in [2.45, 2.75) is 20.3 Å². The van der Waals surface area contributed by atoms with E-state index in [2.05, 4.69) is 15.6 Å². The molecule has 1 aromatic heterocycles. The van der Waals surface area contributed by atoms with Crippen molar-refractivity contribution >= 4 is 23.1 Å². The number of pyridine rings is 1. The quantitative estimate of drug-likeness (QED) is 0.875. The Morgan fingerprint density at radius 1 is 1.18 bits per heavy atom. The predicted molar refractivity (Wildman–Crippen MR) is 82.0 cm³/mol. The number of nitrogens with zero attached hydrogens (tertiary/aromatic N) is 1. The SMILES string of the molecule is CC(C)CC(=O)Nc1ccc(Nc2c(F)cccc2F)cn1. The van der Waals surface area contributed by atoms with Gasteiger partial charge in [-0.05, 0) is 30.2 Å². The van der Waals surface area contributed by atoms with Crippen molar-refractivity contribution in [1.82, 2.24) is 4.98 Å². The molecule has 0 atom stereocenters. The molecule has 0 saturated carbocycles. The summed E-state index contributed by atoms with van der Waals surface area (Å²) in [5.41, 5.74) is 0.187. The number of hydrogen-bond donors (Lipinski definition) is 2. The third-order valence-electron chi connectivity index (χ3n) is 2.86. The van der Waals surface area contributed by atoms with Gasteiger partial charge in [0.1, 0.15) is 23.1 Å². The molecule has 0 aliphatic heterocycles. The van der Waals surface area contributed by atoms with E-state index in [4.69, 9.17) is 0 Å². The summed E-state index contributed by atoms with van der Waals surface area (Å²) in [5.74, 6) is -0.845. The Balaban J connectivity index is 2.05. The molecule has 0 aliphatic carbocycles. The smallest absolute Gasteiger partial charge is 0.225 e. The number of para-hydroxylation sites is 1. The molecule has 1 amide bonds. The second-order valence-corrected chi connectivity index (χ2v) is 5.30. The maximum Gasteiger partial charge on any atom is 0.225 e. The van der Waals surface area contributed by atoms with Crippen molar-refractivity contribution in [2.75, 3.05) is 10.6 Å². The van der Waals surface area contributed by atoms with Gasteiger partial charge >= 0.3 is 0 Å². The van der Waals surface area contributed by atoms with Gasteiger partial charge in [0.25, 0.3) is 0 Å². The molecule has 0 saturated heterocycles. The van der Waals surface area contributed by atoms with Crippen LogP contribution in [0, 0.1) is 17.6 Å². The van der Waals surface area contributed by atoms with Crippen LogP contribution in [-0.4, -0.2) is 10.9 Å². The molecule has 1 aromatic carbocycles. The first-order valence-electron chi connectivity index (χ1n) is 6.92. The fourth-order valence-electron chi connectivity index (χ4n) is 1.87. The van der Waals surface area contributed by atoms with Gasteiger partial charge in [0, 0.05) is 6.42 Å². The molecule has 0 aliphatic rings. The molecule has 22 heavy (non-hydrogen) atoms. The zero-order valence-corrected chi connectivity index (χ0v) is 12.4. The molecular weight excluding hydrogens is 288 g/mol. The topological polar surface area (TPSA) is 54.0 Å². The summed E-state index contributed by atoms with van der Waals surface area (Å²) < 4.78 is 27.1. The number of rotatable bonds is 5. The zero-order chi connectivity index (χ0) is 16.1. The number of benzene rings is 1. The highest BCUT2D eigenvalue weighted by molar-refractivity contribution is 5.89. The normalized spacial score (nSPS) is 10.6. The molecule has 116 valence electrons. The Hall–Kier alpha value is -2.50. The summed E-state index contributed by atoms with van der Waals surface area (Å²) in [6, 6.07) is 6.78. The summed E-state index contributed by atoms with van der Waals surface area (Å²) in [5, 5.41) is 5.29. The van der Waals surface area contributed by atoms with Crippen molar-refractivity contribution in [3.05, 3.63) is 48.2 Å². The lowest BCUT2D eigenvalue weighted by Gasteiger charge is -2.10. The second kappa shape index (κ2) is 6.98. The lowest BCUT2D eigenvalue weighted by molar-refractivity contribution is -0.116. The van der Waals surface area contributed by atoms with Crippen molar-refractivity contribution in [2.24, 2.45) is 5.92 Å². The molecule has 0 bridgehead atoms. The third-order valence-corrected chi connectivity index (χ3v) is 2.86. The highest BCUT2D eigenvalue weighted by Crippen LogP contribution is 2.23. The zero-order valence-electron chi connectivity index (χ0n) is 12.4. The van der Waals surface area contributed by atoms with Gasteiger partial charge in [-0.3, -0.25) is 4.79 Å². The number of aromatic nitrogens is 1. The fourth-order valence-corrected chi connectivity index (χ4v) is 1.87. The first-order chi connectivity index (χ1) is 10.5.